The van der Waals surface area contributed by atoms with Gasteiger partial charge in [0.1, 0.15) is 23.3 Å². The Morgan fingerprint density at radius 2 is 2.03 bits per heavy atom. The van der Waals surface area contributed by atoms with E-state index in [0.717, 1.165) is 24.9 Å². The Bertz CT molecular complexity index is 1390. The molecule has 36 heavy (non-hydrogen) atoms. The number of methoxy groups -OCH3 is 1. The smallest absolute Gasteiger partial charge is 0.340 e. The van der Waals surface area contributed by atoms with Crippen LogP contribution >= 0.6 is 0 Å². The van der Waals surface area contributed by atoms with Gasteiger partial charge in [0, 0.05) is 29.6 Å². The average molecular weight is 495 g/mol. The summed E-state index contributed by atoms with van der Waals surface area (Å²) in [6, 6.07) is 7.99. The molecular formula is C25H25N3O8. The predicted molar refractivity (Wildman–Crippen MR) is 125 cm³/mol. The fraction of sp³-hybridized carbons (Fsp3) is 0.360. The summed E-state index contributed by atoms with van der Waals surface area (Å²) < 4.78 is 17.9. The lowest BCUT2D eigenvalue weighted by molar-refractivity contribution is -0.138. The van der Waals surface area contributed by atoms with Gasteiger partial charge < -0.3 is 29.6 Å². The van der Waals surface area contributed by atoms with E-state index in [-0.39, 0.29) is 40.8 Å². The lowest BCUT2D eigenvalue weighted by atomic mass is 9.68. The SMILES string of the molecule is COC(=O)C1=C(N)Oc2cc(C)n(C[C@@H]3CCCO3)c(=O)c2[C@]12C(=O)N(CC(=O)O)c1ccccc12. The Morgan fingerprint density at radius 3 is 2.69 bits per heavy atom. The van der Waals surface area contributed by atoms with Crippen molar-refractivity contribution in [1.82, 2.24) is 4.57 Å². The molecule has 5 rings (SSSR count). The first-order valence-electron chi connectivity index (χ1n) is 11.5. The van der Waals surface area contributed by atoms with E-state index in [2.05, 4.69) is 0 Å². The van der Waals surface area contributed by atoms with Crippen LogP contribution in [0.2, 0.25) is 0 Å². The van der Waals surface area contributed by atoms with Crippen LogP contribution in [-0.2, 0) is 35.8 Å². The molecule has 0 aliphatic carbocycles. The van der Waals surface area contributed by atoms with E-state index >= 15 is 0 Å². The number of carbonyl (C=O) groups is 3. The zero-order valence-electron chi connectivity index (χ0n) is 19.8. The van der Waals surface area contributed by atoms with E-state index in [9.17, 15) is 24.3 Å². The number of carboxylic acids is 1. The second kappa shape index (κ2) is 8.52. The van der Waals surface area contributed by atoms with E-state index in [1.165, 1.54) is 4.57 Å². The predicted octanol–water partition coefficient (Wildman–Crippen LogP) is 0.789. The molecule has 0 unspecified atom stereocenters. The first-order valence-corrected chi connectivity index (χ1v) is 11.5. The highest BCUT2D eigenvalue weighted by molar-refractivity contribution is 6.19. The summed E-state index contributed by atoms with van der Waals surface area (Å²) in [6.45, 7) is 1.88. The molecule has 11 nitrogen and oxygen atoms in total. The van der Waals surface area contributed by atoms with Crippen molar-refractivity contribution in [1.29, 1.82) is 0 Å². The number of hydrogen-bond donors (Lipinski definition) is 2. The Morgan fingerprint density at radius 1 is 1.28 bits per heavy atom. The Hall–Kier alpha value is -4.12. The number of esters is 1. The zero-order valence-corrected chi connectivity index (χ0v) is 19.8. The van der Waals surface area contributed by atoms with Crippen molar-refractivity contribution in [3.8, 4) is 5.75 Å². The van der Waals surface area contributed by atoms with Gasteiger partial charge in [-0.1, -0.05) is 18.2 Å². The minimum atomic E-state index is -2.06. The van der Waals surface area contributed by atoms with Crippen molar-refractivity contribution in [2.45, 2.75) is 37.8 Å². The summed E-state index contributed by atoms with van der Waals surface area (Å²) in [5.74, 6) is -3.41. The largest absolute Gasteiger partial charge is 0.480 e. The standard InChI is InChI=1S/C25H25N3O8/c1-13-10-17-19(22(31)27(13)11-14-6-5-9-35-14)25(20(21(26)36-17)23(32)34-2)15-7-3-4-8-16(15)28(24(25)33)12-18(29)30/h3-4,7-8,10,14H,5-6,9,11-12,26H2,1-2H3,(H,29,30)/t14-,25-/m0/s1. The number of carboxylic acid groups (broad SMARTS) is 1. The number of ether oxygens (including phenoxy) is 3. The summed E-state index contributed by atoms with van der Waals surface area (Å²) in [5.41, 5.74) is 4.15. The second-order valence-electron chi connectivity index (χ2n) is 8.96. The van der Waals surface area contributed by atoms with Crippen LogP contribution in [-0.4, -0.2) is 53.9 Å². The van der Waals surface area contributed by atoms with Gasteiger partial charge in [0.2, 0.25) is 11.8 Å². The quantitative estimate of drug-likeness (QED) is 0.574. The molecular weight excluding hydrogens is 470 g/mol. The number of hydrogen-bond acceptors (Lipinski definition) is 8. The number of nitrogens with zero attached hydrogens (tertiary/aromatic N) is 2. The molecule has 3 aliphatic heterocycles. The van der Waals surface area contributed by atoms with Gasteiger partial charge >= 0.3 is 11.9 Å². The molecule has 11 heteroatoms. The normalized spacial score (nSPS) is 22.4. The third-order valence-electron chi connectivity index (χ3n) is 6.95. The number of para-hydroxylation sites is 1. The van der Waals surface area contributed by atoms with Crippen LogP contribution in [0.5, 0.6) is 5.75 Å². The molecule has 1 aromatic heterocycles. The van der Waals surface area contributed by atoms with Crippen molar-refractivity contribution in [3.05, 3.63) is 69.0 Å². The minimum Gasteiger partial charge on any atom is -0.480 e. The molecule has 1 amide bonds. The van der Waals surface area contributed by atoms with Crippen molar-refractivity contribution < 1.29 is 33.7 Å². The van der Waals surface area contributed by atoms with Crippen LogP contribution in [0.15, 0.2) is 46.6 Å². The summed E-state index contributed by atoms with van der Waals surface area (Å²) >= 11 is 0. The van der Waals surface area contributed by atoms with Crippen molar-refractivity contribution >= 4 is 23.5 Å². The number of anilines is 1. The molecule has 0 saturated carbocycles. The van der Waals surface area contributed by atoms with Gasteiger partial charge in [-0.05, 0) is 25.8 Å². The summed E-state index contributed by atoms with van der Waals surface area (Å²) in [5, 5.41) is 9.54. The molecule has 2 aromatic rings. The molecule has 3 N–H and O–H groups in total. The molecule has 1 spiro atoms. The molecule has 4 heterocycles. The summed E-state index contributed by atoms with van der Waals surface area (Å²) in [7, 11) is 1.12. The first-order chi connectivity index (χ1) is 17.2. The molecule has 0 bridgehead atoms. The van der Waals surface area contributed by atoms with E-state index in [1.807, 2.05) is 0 Å². The number of pyridine rings is 1. The van der Waals surface area contributed by atoms with Crippen molar-refractivity contribution in [3.63, 3.8) is 0 Å². The fourth-order valence-electron chi connectivity index (χ4n) is 5.45. The second-order valence-corrected chi connectivity index (χ2v) is 8.96. The number of benzene rings is 1. The third kappa shape index (κ3) is 3.23. The average Bonchev–Trinajstić information content (AvgIpc) is 3.43. The molecule has 3 aliphatic rings. The monoisotopic (exact) mass is 495 g/mol. The molecule has 1 fully saturated rings. The Balaban J connectivity index is 1.86. The minimum absolute atomic E-state index is 0.0200. The van der Waals surface area contributed by atoms with Crippen LogP contribution in [0.3, 0.4) is 0 Å². The molecule has 188 valence electrons. The van der Waals surface area contributed by atoms with Gasteiger partial charge in [-0.15, -0.1) is 0 Å². The lowest BCUT2D eigenvalue weighted by Crippen LogP contribution is -2.52. The van der Waals surface area contributed by atoms with Gasteiger partial charge in [0.15, 0.2) is 0 Å². The summed E-state index contributed by atoms with van der Waals surface area (Å²) in [4.78, 5) is 54.2. The van der Waals surface area contributed by atoms with E-state index in [0.29, 0.717) is 12.3 Å². The first kappa shape index (κ1) is 23.6. The maximum Gasteiger partial charge on any atom is 0.340 e. The number of aromatic nitrogens is 1. The lowest BCUT2D eigenvalue weighted by Gasteiger charge is -2.36. The van der Waals surface area contributed by atoms with Crippen LogP contribution in [0.4, 0.5) is 5.69 Å². The molecule has 1 saturated heterocycles. The Kier molecular flexibility index (Phi) is 5.59. The maximum absolute atomic E-state index is 14.2. The third-order valence-corrected chi connectivity index (χ3v) is 6.95. The Labute approximate surface area is 205 Å². The van der Waals surface area contributed by atoms with Crippen molar-refractivity contribution in [2.24, 2.45) is 5.73 Å². The van der Waals surface area contributed by atoms with Crippen LogP contribution in [0.25, 0.3) is 0 Å². The highest BCUT2D eigenvalue weighted by Gasteiger charge is 2.62. The molecule has 1 aromatic carbocycles. The number of carbonyl (C=O) groups excluding carboxylic acids is 2. The van der Waals surface area contributed by atoms with Crippen LogP contribution in [0.1, 0.15) is 29.7 Å². The topological polar surface area (TPSA) is 150 Å². The van der Waals surface area contributed by atoms with Crippen LogP contribution in [0, 0.1) is 6.92 Å². The van der Waals surface area contributed by atoms with Gasteiger partial charge in [0.25, 0.3) is 5.56 Å². The number of aryl methyl sites for hydroxylation is 1. The van der Waals surface area contributed by atoms with Gasteiger partial charge in [0.05, 0.1) is 25.3 Å². The number of amides is 1. The summed E-state index contributed by atoms with van der Waals surface area (Å²) in [6.07, 6.45) is 1.47. The van der Waals surface area contributed by atoms with Gasteiger partial charge in [-0.25, -0.2) is 4.79 Å². The number of nitrogens with two attached hydrogens (primary N) is 1. The van der Waals surface area contributed by atoms with Gasteiger partial charge in [-0.3, -0.25) is 19.3 Å². The van der Waals surface area contributed by atoms with Crippen molar-refractivity contribution in [2.75, 3.05) is 25.2 Å². The van der Waals surface area contributed by atoms with E-state index in [1.54, 1.807) is 37.3 Å². The highest BCUT2D eigenvalue weighted by atomic mass is 16.5. The molecule has 2 atom stereocenters. The van der Waals surface area contributed by atoms with Gasteiger partial charge in [-0.2, -0.15) is 0 Å². The molecule has 0 radical (unpaired) electrons. The van der Waals surface area contributed by atoms with E-state index in [4.69, 9.17) is 19.9 Å². The number of rotatable bonds is 5. The van der Waals surface area contributed by atoms with Crippen LogP contribution < -0.4 is 20.9 Å². The zero-order chi connectivity index (χ0) is 25.8. The highest BCUT2D eigenvalue weighted by Crippen LogP contribution is 2.54. The fourth-order valence-corrected chi connectivity index (χ4v) is 5.45. The number of aliphatic carboxylic acids is 1. The maximum atomic E-state index is 14.2. The number of fused-ring (bicyclic) bond motifs is 4. The van der Waals surface area contributed by atoms with E-state index < -0.39 is 41.2 Å².